The Hall–Kier alpha value is -2.32. The van der Waals surface area contributed by atoms with Crippen molar-refractivity contribution in [2.75, 3.05) is 5.32 Å². The van der Waals surface area contributed by atoms with Crippen LogP contribution in [0.15, 0.2) is 40.4 Å². The molecule has 2 aromatic heterocycles. The highest BCUT2D eigenvalue weighted by molar-refractivity contribution is 8.00. The molecular formula is C20H24ClN5O2S. The lowest BCUT2D eigenvalue weighted by Gasteiger charge is -2.19. The van der Waals surface area contributed by atoms with Crippen molar-refractivity contribution in [3.05, 3.63) is 45.8 Å². The number of aromatic nitrogens is 4. The van der Waals surface area contributed by atoms with Gasteiger partial charge in [-0.3, -0.25) is 14.2 Å². The van der Waals surface area contributed by atoms with E-state index in [1.54, 1.807) is 46.6 Å². The number of rotatable bonds is 6. The molecule has 3 aromatic rings. The molecule has 0 spiro atoms. The van der Waals surface area contributed by atoms with Crippen LogP contribution in [0.3, 0.4) is 0 Å². The second-order valence-electron chi connectivity index (χ2n) is 7.33. The smallest absolute Gasteiger partial charge is 0.262 e. The van der Waals surface area contributed by atoms with Crippen molar-refractivity contribution in [2.45, 2.75) is 57.1 Å². The van der Waals surface area contributed by atoms with Gasteiger partial charge in [-0.1, -0.05) is 23.4 Å². The Morgan fingerprint density at radius 2 is 1.86 bits per heavy atom. The first-order valence-corrected chi connectivity index (χ1v) is 10.7. The van der Waals surface area contributed by atoms with E-state index in [4.69, 9.17) is 11.6 Å². The van der Waals surface area contributed by atoms with Crippen molar-refractivity contribution in [2.24, 2.45) is 0 Å². The number of hydrogen-bond donors (Lipinski definition) is 1. The first kappa shape index (κ1) is 21.4. The second kappa shape index (κ2) is 8.59. The Kier molecular flexibility index (Phi) is 6.33. The van der Waals surface area contributed by atoms with E-state index in [0.717, 1.165) is 0 Å². The van der Waals surface area contributed by atoms with E-state index in [2.05, 4.69) is 15.4 Å². The van der Waals surface area contributed by atoms with Gasteiger partial charge < -0.3 is 5.32 Å². The van der Waals surface area contributed by atoms with Crippen LogP contribution in [0.25, 0.3) is 10.9 Å². The number of amides is 1. The molecule has 0 saturated carbocycles. The van der Waals surface area contributed by atoms with Crippen molar-refractivity contribution < 1.29 is 4.79 Å². The van der Waals surface area contributed by atoms with Crippen molar-refractivity contribution >= 4 is 46.0 Å². The number of benzene rings is 1. The second-order valence-corrected chi connectivity index (χ2v) is 9.07. The van der Waals surface area contributed by atoms with Crippen molar-refractivity contribution in [3.63, 3.8) is 0 Å². The molecule has 0 aliphatic heterocycles. The molecule has 3 rings (SSSR count). The van der Waals surface area contributed by atoms with Crippen molar-refractivity contribution in [3.8, 4) is 0 Å². The summed E-state index contributed by atoms with van der Waals surface area (Å²) in [7, 11) is 0. The molecular weight excluding hydrogens is 410 g/mol. The van der Waals surface area contributed by atoms with E-state index in [-0.39, 0.29) is 23.6 Å². The molecule has 154 valence electrons. The Labute approximate surface area is 178 Å². The van der Waals surface area contributed by atoms with E-state index in [9.17, 15) is 9.59 Å². The van der Waals surface area contributed by atoms with Crippen LogP contribution < -0.4 is 10.9 Å². The van der Waals surface area contributed by atoms with Gasteiger partial charge in [0.05, 0.1) is 22.3 Å². The number of halogens is 1. The summed E-state index contributed by atoms with van der Waals surface area (Å²) in [4.78, 5) is 30.4. The summed E-state index contributed by atoms with van der Waals surface area (Å²) in [6.45, 7) is 9.61. The summed E-state index contributed by atoms with van der Waals surface area (Å²) in [6, 6.07) is 6.81. The molecule has 1 N–H and O–H groups in total. The number of hydrogen-bond acceptors (Lipinski definition) is 5. The van der Waals surface area contributed by atoms with Gasteiger partial charge in [-0.2, -0.15) is 5.10 Å². The van der Waals surface area contributed by atoms with Crippen LogP contribution in [0.1, 0.15) is 46.7 Å². The number of anilines is 1. The highest BCUT2D eigenvalue weighted by atomic mass is 35.5. The van der Waals surface area contributed by atoms with Crippen LogP contribution in [0.2, 0.25) is 5.02 Å². The van der Waals surface area contributed by atoms with Gasteiger partial charge >= 0.3 is 0 Å². The average Bonchev–Trinajstić information content (AvgIpc) is 3.09. The van der Waals surface area contributed by atoms with E-state index in [0.29, 0.717) is 26.9 Å². The first-order valence-electron chi connectivity index (χ1n) is 9.42. The molecule has 9 heteroatoms. The molecule has 0 saturated heterocycles. The van der Waals surface area contributed by atoms with Gasteiger partial charge in [0.15, 0.2) is 5.16 Å². The van der Waals surface area contributed by atoms with Crippen LogP contribution in [0.4, 0.5) is 5.82 Å². The highest BCUT2D eigenvalue weighted by Crippen LogP contribution is 2.27. The first-order chi connectivity index (χ1) is 13.7. The molecule has 1 amide bonds. The minimum Gasteiger partial charge on any atom is -0.310 e. The fourth-order valence-corrected chi connectivity index (χ4v) is 4.16. The molecule has 29 heavy (non-hydrogen) atoms. The standard InChI is InChI=1S/C20H24ClN5O2S/c1-11(2)25-19(28)15-7-6-14(21)10-16(15)23-20(25)29-13(5)18(27)24-17-8-9-22-26(17)12(3)4/h6-13H,1-5H3,(H,24,27). The van der Waals surface area contributed by atoms with E-state index in [1.807, 2.05) is 27.7 Å². The largest absolute Gasteiger partial charge is 0.310 e. The third kappa shape index (κ3) is 4.48. The zero-order valence-corrected chi connectivity index (χ0v) is 18.6. The highest BCUT2D eigenvalue weighted by Gasteiger charge is 2.22. The molecule has 1 atom stereocenters. The van der Waals surface area contributed by atoms with E-state index < -0.39 is 5.25 Å². The molecule has 1 unspecified atom stereocenters. The average molecular weight is 434 g/mol. The molecule has 2 heterocycles. The van der Waals surface area contributed by atoms with Gasteiger partial charge in [-0.25, -0.2) is 9.67 Å². The quantitative estimate of drug-likeness (QED) is 0.456. The zero-order chi connectivity index (χ0) is 21.3. The number of carbonyl (C=O) groups excluding carboxylic acids is 1. The Bertz CT molecular complexity index is 1110. The molecule has 0 aliphatic rings. The summed E-state index contributed by atoms with van der Waals surface area (Å²) >= 11 is 7.32. The minimum atomic E-state index is -0.473. The number of fused-ring (bicyclic) bond motifs is 1. The maximum atomic E-state index is 13.0. The van der Waals surface area contributed by atoms with Crippen LogP contribution in [-0.2, 0) is 4.79 Å². The summed E-state index contributed by atoms with van der Waals surface area (Å²) in [5.41, 5.74) is 0.377. The monoisotopic (exact) mass is 433 g/mol. The van der Waals surface area contributed by atoms with Gasteiger partial charge in [0.25, 0.3) is 5.56 Å². The Morgan fingerprint density at radius 3 is 2.52 bits per heavy atom. The van der Waals surface area contributed by atoms with Gasteiger partial charge in [0, 0.05) is 23.2 Å². The lowest BCUT2D eigenvalue weighted by molar-refractivity contribution is -0.115. The fraction of sp³-hybridized carbons (Fsp3) is 0.400. The normalized spacial score (nSPS) is 12.7. The number of nitrogens with zero attached hydrogens (tertiary/aromatic N) is 4. The molecule has 0 fully saturated rings. The lowest BCUT2D eigenvalue weighted by Crippen LogP contribution is -2.28. The topological polar surface area (TPSA) is 81.8 Å². The van der Waals surface area contributed by atoms with Gasteiger partial charge in [-0.05, 0) is 52.8 Å². The van der Waals surface area contributed by atoms with Gasteiger partial charge in [0.2, 0.25) is 5.91 Å². The SMILES string of the molecule is CC(Sc1nc2cc(Cl)ccc2c(=O)n1C(C)C)C(=O)Nc1ccnn1C(C)C. The van der Waals surface area contributed by atoms with Crippen LogP contribution in [0, 0.1) is 0 Å². The van der Waals surface area contributed by atoms with Crippen LogP contribution in [0.5, 0.6) is 0 Å². The predicted octanol–water partition coefficient (Wildman–Crippen LogP) is 4.53. The van der Waals surface area contributed by atoms with Gasteiger partial charge in [-0.15, -0.1) is 0 Å². The Balaban J connectivity index is 1.92. The molecule has 0 radical (unpaired) electrons. The van der Waals surface area contributed by atoms with E-state index in [1.165, 1.54) is 11.8 Å². The zero-order valence-electron chi connectivity index (χ0n) is 17.0. The van der Waals surface area contributed by atoms with Crippen LogP contribution >= 0.6 is 23.4 Å². The fourth-order valence-electron chi connectivity index (χ4n) is 2.95. The summed E-state index contributed by atoms with van der Waals surface area (Å²) in [5.74, 6) is 0.449. The minimum absolute atomic E-state index is 0.102. The summed E-state index contributed by atoms with van der Waals surface area (Å²) < 4.78 is 3.36. The number of thioether (sulfide) groups is 1. The Morgan fingerprint density at radius 1 is 1.14 bits per heavy atom. The van der Waals surface area contributed by atoms with Crippen molar-refractivity contribution in [1.29, 1.82) is 0 Å². The van der Waals surface area contributed by atoms with Crippen LogP contribution in [-0.4, -0.2) is 30.5 Å². The third-order valence-corrected chi connectivity index (χ3v) is 5.71. The lowest BCUT2D eigenvalue weighted by atomic mass is 10.2. The maximum Gasteiger partial charge on any atom is 0.262 e. The molecule has 0 bridgehead atoms. The molecule has 0 aliphatic carbocycles. The third-order valence-electron chi connectivity index (χ3n) is 4.41. The van der Waals surface area contributed by atoms with Crippen molar-refractivity contribution in [1.82, 2.24) is 19.3 Å². The maximum absolute atomic E-state index is 13.0. The summed E-state index contributed by atoms with van der Waals surface area (Å²) in [6.07, 6.45) is 1.65. The van der Waals surface area contributed by atoms with Gasteiger partial charge in [0.1, 0.15) is 5.82 Å². The summed E-state index contributed by atoms with van der Waals surface area (Å²) in [5, 5.41) is 8.16. The molecule has 1 aromatic carbocycles. The molecule has 7 nitrogen and oxygen atoms in total. The number of nitrogens with one attached hydrogen (secondary N) is 1. The predicted molar refractivity (Wildman–Crippen MR) is 118 cm³/mol. The van der Waals surface area contributed by atoms with E-state index >= 15 is 0 Å². The number of carbonyl (C=O) groups is 1.